The van der Waals surface area contributed by atoms with Gasteiger partial charge in [-0.1, -0.05) is 19.3 Å². The third kappa shape index (κ3) is 4.61. The Kier molecular flexibility index (Phi) is 6.22. The van der Waals surface area contributed by atoms with Crippen LogP contribution < -0.4 is 16.4 Å². The molecule has 2 amide bonds. The van der Waals surface area contributed by atoms with Gasteiger partial charge in [0, 0.05) is 11.4 Å². The fraction of sp³-hybridized carbons (Fsp3) is 0.333. The smallest absolute Gasteiger partial charge is 0.291 e. The van der Waals surface area contributed by atoms with Crippen molar-refractivity contribution in [1.82, 2.24) is 0 Å². The first kappa shape index (κ1) is 19.0. The summed E-state index contributed by atoms with van der Waals surface area (Å²) in [7, 11) is 0. The van der Waals surface area contributed by atoms with Crippen LogP contribution in [-0.2, 0) is 4.79 Å². The van der Waals surface area contributed by atoms with Crippen molar-refractivity contribution in [3.63, 3.8) is 0 Å². The van der Waals surface area contributed by atoms with E-state index in [9.17, 15) is 9.59 Å². The second-order valence-electron chi connectivity index (χ2n) is 6.18. The first-order valence-corrected chi connectivity index (χ1v) is 8.12. The molecule has 1 aromatic carbocycles. The lowest BCUT2D eigenvalue weighted by Crippen LogP contribution is -2.52. The summed E-state index contributed by atoms with van der Waals surface area (Å²) in [5.41, 5.74) is 6.73. The summed E-state index contributed by atoms with van der Waals surface area (Å²) in [4.78, 5) is 24.3. The standard InChI is InChI=1S/C18H21N3O3.ClH/c19-18(10-2-1-3-11-18)17(23)21-14-8-6-13(7-9-14)20-16(22)15-5-4-12-24-15;/h4-9,12H,1-3,10-11,19H2,(H,20,22)(H,21,23);1H. The highest BCUT2D eigenvalue weighted by Crippen LogP contribution is 2.27. The number of rotatable bonds is 4. The molecule has 0 aliphatic heterocycles. The number of hydrogen-bond donors (Lipinski definition) is 3. The Balaban J connectivity index is 0.00000225. The van der Waals surface area contributed by atoms with Gasteiger partial charge in [-0.15, -0.1) is 12.4 Å². The van der Waals surface area contributed by atoms with Crippen molar-refractivity contribution in [2.24, 2.45) is 5.73 Å². The van der Waals surface area contributed by atoms with Gasteiger partial charge in [0.25, 0.3) is 5.91 Å². The Hall–Kier alpha value is -2.31. The summed E-state index contributed by atoms with van der Waals surface area (Å²) in [6.07, 6.45) is 5.99. The fourth-order valence-corrected chi connectivity index (χ4v) is 2.90. The Morgan fingerprint density at radius 1 is 0.960 bits per heavy atom. The van der Waals surface area contributed by atoms with Crippen LogP contribution in [0.1, 0.15) is 42.7 Å². The number of hydrogen-bond acceptors (Lipinski definition) is 4. The van der Waals surface area contributed by atoms with Crippen LogP contribution in [0.15, 0.2) is 47.1 Å². The molecule has 0 spiro atoms. The third-order valence-electron chi connectivity index (χ3n) is 4.34. The van der Waals surface area contributed by atoms with Crippen LogP contribution in [0.3, 0.4) is 0 Å². The summed E-state index contributed by atoms with van der Waals surface area (Å²) in [6, 6.07) is 10.2. The van der Waals surface area contributed by atoms with Crippen molar-refractivity contribution in [2.75, 3.05) is 10.6 Å². The number of furan rings is 1. The van der Waals surface area contributed by atoms with E-state index in [1.165, 1.54) is 6.26 Å². The first-order chi connectivity index (χ1) is 11.6. The summed E-state index contributed by atoms with van der Waals surface area (Å²) in [5.74, 6) is -0.218. The van der Waals surface area contributed by atoms with Crippen LogP contribution in [0.25, 0.3) is 0 Å². The molecule has 1 heterocycles. The summed E-state index contributed by atoms with van der Waals surface area (Å²) >= 11 is 0. The van der Waals surface area contributed by atoms with E-state index < -0.39 is 5.54 Å². The van der Waals surface area contributed by atoms with Crippen molar-refractivity contribution < 1.29 is 14.0 Å². The number of halogens is 1. The maximum Gasteiger partial charge on any atom is 0.291 e. The van der Waals surface area contributed by atoms with E-state index in [0.29, 0.717) is 11.4 Å². The summed E-state index contributed by atoms with van der Waals surface area (Å²) in [5, 5.41) is 5.59. The largest absolute Gasteiger partial charge is 0.459 e. The molecule has 1 aliphatic carbocycles. The number of benzene rings is 1. The zero-order valence-corrected chi connectivity index (χ0v) is 14.6. The highest BCUT2D eigenvalue weighted by atomic mass is 35.5. The number of carbonyl (C=O) groups excluding carboxylic acids is 2. The van der Waals surface area contributed by atoms with Gasteiger partial charge in [0.1, 0.15) is 0 Å². The minimum atomic E-state index is -0.773. The second-order valence-corrected chi connectivity index (χ2v) is 6.18. The first-order valence-electron chi connectivity index (χ1n) is 8.12. The molecule has 0 bridgehead atoms. The van der Waals surface area contributed by atoms with Gasteiger partial charge >= 0.3 is 0 Å². The van der Waals surface area contributed by atoms with Gasteiger partial charge in [-0.2, -0.15) is 0 Å². The highest BCUT2D eigenvalue weighted by Gasteiger charge is 2.35. The van der Waals surface area contributed by atoms with Crippen LogP contribution in [-0.4, -0.2) is 17.4 Å². The molecule has 25 heavy (non-hydrogen) atoms. The van der Waals surface area contributed by atoms with E-state index in [1.807, 2.05) is 0 Å². The van der Waals surface area contributed by atoms with Crippen LogP contribution >= 0.6 is 12.4 Å². The normalized spacial score (nSPS) is 15.7. The summed E-state index contributed by atoms with van der Waals surface area (Å²) < 4.78 is 5.04. The van der Waals surface area contributed by atoms with Crippen molar-refractivity contribution in [3.8, 4) is 0 Å². The minimum Gasteiger partial charge on any atom is -0.459 e. The average Bonchev–Trinajstić information content (AvgIpc) is 3.12. The molecule has 6 nitrogen and oxygen atoms in total. The monoisotopic (exact) mass is 363 g/mol. The maximum atomic E-state index is 12.4. The lowest BCUT2D eigenvalue weighted by molar-refractivity contribution is -0.122. The van der Waals surface area contributed by atoms with Gasteiger partial charge in [-0.05, 0) is 49.2 Å². The van der Waals surface area contributed by atoms with Gasteiger partial charge in [0.2, 0.25) is 5.91 Å². The number of nitrogens with one attached hydrogen (secondary N) is 2. The van der Waals surface area contributed by atoms with E-state index in [4.69, 9.17) is 10.2 Å². The van der Waals surface area contributed by atoms with E-state index in [-0.39, 0.29) is 30.0 Å². The quantitative estimate of drug-likeness (QED) is 0.773. The zero-order valence-electron chi connectivity index (χ0n) is 13.8. The molecule has 0 unspecified atom stereocenters. The number of anilines is 2. The lowest BCUT2D eigenvalue weighted by Gasteiger charge is -2.31. The van der Waals surface area contributed by atoms with Crippen LogP contribution in [0.5, 0.6) is 0 Å². The molecule has 1 aliphatic rings. The van der Waals surface area contributed by atoms with E-state index in [1.54, 1.807) is 36.4 Å². The molecule has 2 aromatic rings. The second kappa shape index (κ2) is 8.18. The predicted molar refractivity (Wildman–Crippen MR) is 99.0 cm³/mol. The van der Waals surface area contributed by atoms with E-state index in [2.05, 4.69) is 10.6 Å². The molecule has 7 heteroatoms. The highest BCUT2D eigenvalue weighted by molar-refractivity contribution is 6.02. The zero-order chi connectivity index (χ0) is 17.0. The maximum absolute atomic E-state index is 12.4. The number of carbonyl (C=O) groups is 2. The van der Waals surface area contributed by atoms with Gasteiger partial charge in [-0.3, -0.25) is 9.59 Å². The van der Waals surface area contributed by atoms with Gasteiger partial charge in [0.05, 0.1) is 11.8 Å². The third-order valence-corrected chi connectivity index (χ3v) is 4.34. The van der Waals surface area contributed by atoms with E-state index in [0.717, 1.165) is 32.1 Å². The molecule has 1 fully saturated rings. The van der Waals surface area contributed by atoms with Crippen molar-refractivity contribution in [2.45, 2.75) is 37.6 Å². The number of amides is 2. The predicted octanol–water partition coefficient (Wildman–Crippen LogP) is 3.55. The molecule has 1 aromatic heterocycles. The van der Waals surface area contributed by atoms with Crippen LogP contribution in [0, 0.1) is 0 Å². The molecule has 0 radical (unpaired) electrons. The molecule has 3 rings (SSSR count). The van der Waals surface area contributed by atoms with Crippen molar-refractivity contribution >= 4 is 35.6 Å². The minimum absolute atomic E-state index is 0. The Bertz CT molecular complexity index is 708. The average molecular weight is 364 g/mol. The topological polar surface area (TPSA) is 97.4 Å². The molecule has 1 saturated carbocycles. The van der Waals surface area contributed by atoms with Crippen LogP contribution in [0.2, 0.25) is 0 Å². The van der Waals surface area contributed by atoms with Gasteiger partial charge < -0.3 is 20.8 Å². The van der Waals surface area contributed by atoms with Crippen LogP contribution in [0.4, 0.5) is 11.4 Å². The fourth-order valence-electron chi connectivity index (χ4n) is 2.90. The Morgan fingerprint density at radius 2 is 1.56 bits per heavy atom. The van der Waals surface area contributed by atoms with Gasteiger partial charge in [-0.25, -0.2) is 0 Å². The summed E-state index contributed by atoms with van der Waals surface area (Å²) in [6.45, 7) is 0. The molecule has 0 atom stereocenters. The SMILES string of the molecule is Cl.NC1(C(=O)Nc2ccc(NC(=O)c3ccco3)cc2)CCCCC1. The number of nitrogens with two attached hydrogens (primary N) is 1. The van der Waals surface area contributed by atoms with Crippen molar-refractivity contribution in [1.29, 1.82) is 0 Å². The molecule has 0 saturated heterocycles. The van der Waals surface area contributed by atoms with E-state index >= 15 is 0 Å². The molecule has 4 N–H and O–H groups in total. The Morgan fingerprint density at radius 3 is 2.12 bits per heavy atom. The Labute approximate surface area is 152 Å². The molecule has 134 valence electrons. The van der Waals surface area contributed by atoms with Gasteiger partial charge in [0.15, 0.2) is 5.76 Å². The molecular formula is C18H22ClN3O3. The lowest BCUT2D eigenvalue weighted by atomic mass is 9.82. The molecular weight excluding hydrogens is 342 g/mol. The van der Waals surface area contributed by atoms with Crippen molar-refractivity contribution in [3.05, 3.63) is 48.4 Å².